The van der Waals surface area contributed by atoms with Crippen LogP contribution in [0.15, 0.2) is 6.07 Å². The van der Waals surface area contributed by atoms with Crippen molar-refractivity contribution in [3.05, 3.63) is 17.6 Å². The predicted octanol–water partition coefficient (Wildman–Crippen LogP) is 2.49. The molecule has 1 fully saturated rings. The average molecular weight is 262 g/mol. The minimum atomic E-state index is 0.377. The lowest BCUT2D eigenvalue weighted by Crippen LogP contribution is -2.38. The van der Waals surface area contributed by atoms with E-state index in [1.165, 1.54) is 12.8 Å². The average Bonchev–Trinajstić information content (AvgIpc) is 2.88. The molecule has 1 aromatic rings. The molecule has 0 spiro atoms. The maximum atomic E-state index is 4.73. The first-order chi connectivity index (χ1) is 9.10. The normalized spacial score (nSPS) is 19.1. The quantitative estimate of drug-likeness (QED) is 0.885. The Hall–Kier alpha value is -1.16. The zero-order chi connectivity index (χ0) is 13.8. The summed E-state index contributed by atoms with van der Waals surface area (Å²) in [5.74, 6) is 2.40. The van der Waals surface area contributed by atoms with Crippen LogP contribution in [0.2, 0.25) is 0 Å². The summed E-state index contributed by atoms with van der Waals surface area (Å²) >= 11 is 0. The van der Waals surface area contributed by atoms with Gasteiger partial charge in [0, 0.05) is 36.8 Å². The molecular formula is C15H26N4. The van der Waals surface area contributed by atoms with Gasteiger partial charge < -0.3 is 10.2 Å². The van der Waals surface area contributed by atoms with E-state index >= 15 is 0 Å². The number of likely N-dealkylation sites (N-methyl/N-ethyl adjacent to an activating group) is 1. The maximum Gasteiger partial charge on any atom is 0.133 e. The van der Waals surface area contributed by atoms with Crippen LogP contribution in [0.5, 0.6) is 0 Å². The molecule has 1 atom stereocenters. The van der Waals surface area contributed by atoms with Gasteiger partial charge in [-0.3, -0.25) is 0 Å². The van der Waals surface area contributed by atoms with Crippen molar-refractivity contribution in [1.82, 2.24) is 15.3 Å². The second-order valence-electron chi connectivity index (χ2n) is 5.71. The van der Waals surface area contributed by atoms with Crippen molar-refractivity contribution in [1.29, 1.82) is 0 Å². The highest BCUT2D eigenvalue weighted by molar-refractivity contribution is 5.40. The number of rotatable bonds is 5. The summed E-state index contributed by atoms with van der Waals surface area (Å²) in [6.45, 7) is 11.7. The molecule has 19 heavy (non-hydrogen) atoms. The van der Waals surface area contributed by atoms with Crippen molar-refractivity contribution >= 4 is 5.82 Å². The third-order valence-electron chi connectivity index (χ3n) is 3.68. The molecule has 0 saturated carbocycles. The van der Waals surface area contributed by atoms with Crippen molar-refractivity contribution < 1.29 is 0 Å². The van der Waals surface area contributed by atoms with E-state index in [2.05, 4.69) is 49.0 Å². The number of nitrogens with zero attached hydrogens (tertiary/aromatic N) is 3. The maximum absolute atomic E-state index is 4.73. The molecule has 2 rings (SSSR count). The van der Waals surface area contributed by atoms with Crippen LogP contribution in [-0.2, 0) is 0 Å². The first kappa shape index (κ1) is 14.3. The zero-order valence-electron chi connectivity index (χ0n) is 12.6. The number of anilines is 1. The molecule has 0 bridgehead atoms. The third kappa shape index (κ3) is 3.66. The van der Waals surface area contributed by atoms with Crippen molar-refractivity contribution in [2.45, 2.75) is 52.5 Å². The largest absolute Gasteiger partial charge is 0.355 e. The smallest absolute Gasteiger partial charge is 0.133 e. The van der Waals surface area contributed by atoms with Gasteiger partial charge in [0.15, 0.2) is 0 Å². The van der Waals surface area contributed by atoms with Gasteiger partial charge >= 0.3 is 0 Å². The van der Waals surface area contributed by atoms with E-state index in [0.717, 1.165) is 37.0 Å². The van der Waals surface area contributed by atoms with E-state index in [4.69, 9.17) is 4.98 Å². The molecule has 0 amide bonds. The highest BCUT2D eigenvalue weighted by atomic mass is 15.2. The van der Waals surface area contributed by atoms with Gasteiger partial charge in [0.2, 0.25) is 0 Å². The van der Waals surface area contributed by atoms with Crippen LogP contribution in [0.25, 0.3) is 0 Å². The molecule has 0 radical (unpaired) electrons. The fourth-order valence-corrected chi connectivity index (χ4v) is 2.56. The molecule has 106 valence electrons. The van der Waals surface area contributed by atoms with Gasteiger partial charge in [-0.15, -0.1) is 0 Å². The Kier molecular flexibility index (Phi) is 4.75. The van der Waals surface area contributed by atoms with Gasteiger partial charge in [0.1, 0.15) is 11.6 Å². The van der Waals surface area contributed by atoms with Gasteiger partial charge in [-0.05, 0) is 33.2 Å². The molecule has 0 aromatic carbocycles. The lowest BCUT2D eigenvalue weighted by molar-refractivity contribution is 0.581. The number of aryl methyl sites for hydroxylation is 1. The number of hydrogen-bond donors (Lipinski definition) is 1. The Balaban J connectivity index is 2.16. The van der Waals surface area contributed by atoms with Gasteiger partial charge in [0.25, 0.3) is 0 Å². The third-order valence-corrected chi connectivity index (χ3v) is 3.68. The zero-order valence-corrected chi connectivity index (χ0v) is 12.6. The van der Waals surface area contributed by atoms with Crippen LogP contribution >= 0.6 is 0 Å². The van der Waals surface area contributed by atoms with E-state index in [-0.39, 0.29) is 0 Å². The Morgan fingerprint density at radius 2 is 2.21 bits per heavy atom. The molecule has 4 heteroatoms. The number of aromatic nitrogens is 2. The fourth-order valence-electron chi connectivity index (χ4n) is 2.56. The van der Waals surface area contributed by atoms with Crippen molar-refractivity contribution in [2.24, 2.45) is 0 Å². The monoisotopic (exact) mass is 262 g/mol. The van der Waals surface area contributed by atoms with Gasteiger partial charge in [0.05, 0.1) is 0 Å². The Morgan fingerprint density at radius 1 is 1.42 bits per heavy atom. The highest BCUT2D eigenvalue weighted by Crippen LogP contribution is 2.18. The van der Waals surface area contributed by atoms with E-state index in [1.54, 1.807) is 0 Å². The second kappa shape index (κ2) is 6.33. The van der Waals surface area contributed by atoms with E-state index in [9.17, 15) is 0 Å². The standard InChI is InChI=1S/C15H26N4/c1-5-19(10-13-7-6-8-16-13)14-9-12(4)17-15(18-14)11(2)3/h9,11,13,16H,5-8,10H2,1-4H3. The SMILES string of the molecule is CCN(CC1CCCN1)c1cc(C)nc(C(C)C)n1. The van der Waals surface area contributed by atoms with Crippen molar-refractivity contribution in [3.63, 3.8) is 0 Å². The van der Waals surface area contributed by atoms with Crippen LogP contribution in [0, 0.1) is 6.92 Å². The molecule has 1 aliphatic heterocycles. The summed E-state index contributed by atoms with van der Waals surface area (Å²) < 4.78 is 0. The Bertz CT molecular complexity index is 411. The van der Waals surface area contributed by atoms with Gasteiger partial charge in [-0.1, -0.05) is 13.8 Å². The summed E-state index contributed by atoms with van der Waals surface area (Å²) in [4.78, 5) is 11.6. The van der Waals surface area contributed by atoms with Crippen LogP contribution < -0.4 is 10.2 Å². The summed E-state index contributed by atoms with van der Waals surface area (Å²) in [6, 6.07) is 2.71. The summed E-state index contributed by atoms with van der Waals surface area (Å²) in [5, 5.41) is 3.56. The summed E-state index contributed by atoms with van der Waals surface area (Å²) in [7, 11) is 0. The first-order valence-corrected chi connectivity index (χ1v) is 7.44. The molecule has 0 aliphatic carbocycles. The van der Waals surface area contributed by atoms with Crippen LogP contribution in [-0.4, -0.2) is 35.6 Å². The van der Waals surface area contributed by atoms with E-state index in [0.29, 0.717) is 12.0 Å². The van der Waals surface area contributed by atoms with Crippen LogP contribution in [0.4, 0.5) is 5.82 Å². The summed E-state index contributed by atoms with van der Waals surface area (Å²) in [5.41, 5.74) is 1.06. The van der Waals surface area contributed by atoms with Crippen LogP contribution in [0.3, 0.4) is 0 Å². The molecule has 1 aliphatic rings. The minimum Gasteiger partial charge on any atom is -0.355 e. The first-order valence-electron chi connectivity index (χ1n) is 7.44. The lowest BCUT2D eigenvalue weighted by atomic mass is 10.2. The van der Waals surface area contributed by atoms with E-state index < -0.39 is 0 Å². The van der Waals surface area contributed by atoms with E-state index in [1.807, 2.05) is 0 Å². The molecule has 2 heterocycles. The van der Waals surface area contributed by atoms with Crippen molar-refractivity contribution in [2.75, 3.05) is 24.5 Å². The highest BCUT2D eigenvalue weighted by Gasteiger charge is 2.19. The lowest BCUT2D eigenvalue weighted by Gasteiger charge is -2.26. The number of nitrogens with one attached hydrogen (secondary N) is 1. The summed E-state index contributed by atoms with van der Waals surface area (Å²) in [6.07, 6.45) is 2.57. The molecule has 1 aromatic heterocycles. The molecule has 4 nitrogen and oxygen atoms in total. The van der Waals surface area contributed by atoms with Gasteiger partial charge in [-0.2, -0.15) is 0 Å². The Morgan fingerprint density at radius 3 is 2.79 bits per heavy atom. The Labute approximate surface area is 116 Å². The van der Waals surface area contributed by atoms with Crippen molar-refractivity contribution in [3.8, 4) is 0 Å². The second-order valence-corrected chi connectivity index (χ2v) is 5.71. The number of hydrogen-bond acceptors (Lipinski definition) is 4. The fraction of sp³-hybridized carbons (Fsp3) is 0.733. The molecule has 1 unspecified atom stereocenters. The van der Waals surface area contributed by atoms with Gasteiger partial charge in [-0.25, -0.2) is 9.97 Å². The molecular weight excluding hydrogens is 236 g/mol. The topological polar surface area (TPSA) is 41.0 Å². The minimum absolute atomic E-state index is 0.377. The molecule has 1 saturated heterocycles. The molecule has 1 N–H and O–H groups in total. The van der Waals surface area contributed by atoms with Crippen LogP contribution in [0.1, 0.15) is 51.0 Å². The predicted molar refractivity (Wildman–Crippen MR) is 79.8 cm³/mol.